The van der Waals surface area contributed by atoms with Crippen LogP contribution in [0.2, 0.25) is 0 Å². The number of benzene rings is 1. The zero-order chi connectivity index (χ0) is 18.5. The molecule has 0 unspecified atom stereocenters. The van der Waals surface area contributed by atoms with Gasteiger partial charge in [-0.25, -0.2) is 9.55 Å². The van der Waals surface area contributed by atoms with Crippen LogP contribution in [0.1, 0.15) is 95.1 Å². The highest BCUT2D eigenvalue weighted by Crippen LogP contribution is 2.12. The Balaban J connectivity index is 1.68. The van der Waals surface area contributed by atoms with E-state index in [0.717, 1.165) is 13.0 Å². The first-order valence-electron chi connectivity index (χ1n) is 11.0. The van der Waals surface area contributed by atoms with Gasteiger partial charge in [-0.1, -0.05) is 102 Å². The van der Waals surface area contributed by atoms with E-state index in [-0.39, 0.29) is 0 Å². The minimum atomic E-state index is 0.987. The van der Waals surface area contributed by atoms with Crippen molar-refractivity contribution >= 4 is 0 Å². The first-order chi connectivity index (χ1) is 12.8. The standard InChI is InChI=1S/C24H38N2/c1-3-5-6-7-8-9-10-11-12-16-19-23-20-25-24(4-2)26(23)21-22-17-14-13-15-18-22/h13-15,17-18,20H,3-12,16,19,21H2,1-2H3/p+1. The second-order valence-corrected chi connectivity index (χ2v) is 7.58. The molecule has 2 aromatic rings. The van der Waals surface area contributed by atoms with Gasteiger partial charge in [-0.2, -0.15) is 0 Å². The SMILES string of the molecule is CCCCCCCCCCCCc1c[nH]c(CC)[n+]1Cc1ccccc1. The summed E-state index contributed by atoms with van der Waals surface area (Å²) in [6, 6.07) is 10.8. The number of aromatic amines is 1. The Bertz CT molecular complexity index is 586. The number of aryl methyl sites for hydroxylation is 2. The van der Waals surface area contributed by atoms with Crippen LogP contribution >= 0.6 is 0 Å². The zero-order valence-corrected chi connectivity index (χ0v) is 17.1. The van der Waals surface area contributed by atoms with Crippen LogP contribution in [0, 0.1) is 0 Å². The van der Waals surface area contributed by atoms with Gasteiger partial charge in [0.2, 0.25) is 0 Å². The number of H-pyrrole nitrogens is 1. The monoisotopic (exact) mass is 355 g/mol. The Morgan fingerprint density at radius 1 is 0.769 bits per heavy atom. The second-order valence-electron chi connectivity index (χ2n) is 7.58. The summed E-state index contributed by atoms with van der Waals surface area (Å²) in [6.45, 7) is 5.51. The molecule has 2 heteroatoms. The number of imidazole rings is 1. The van der Waals surface area contributed by atoms with Gasteiger partial charge in [-0.15, -0.1) is 0 Å². The molecule has 0 atom stereocenters. The van der Waals surface area contributed by atoms with Crippen LogP contribution in [-0.2, 0) is 19.4 Å². The Kier molecular flexibility index (Phi) is 10.2. The zero-order valence-electron chi connectivity index (χ0n) is 17.1. The number of unbranched alkanes of at least 4 members (excludes halogenated alkanes) is 9. The van der Waals surface area contributed by atoms with Gasteiger partial charge in [0, 0.05) is 12.8 Å². The number of hydrogen-bond donors (Lipinski definition) is 1. The molecule has 0 fully saturated rings. The molecule has 1 heterocycles. The minimum absolute atomic E-state index is 0.987. The molecular formula is C24H39N2+. The van der Waals surface area contributed by atoms with E-state index in [1.54, 1.807) is 0 Å². The Hall–Kier alpha value is -1.57. The van der Waals surface area contributed by atoms with Crippen molar-refractivity contribution in [2.24, 2.45) is 0 Å². The van der Waals surface area contributed by atoms with E-state index in [9.17, 15) is 0 Å². The van der Waals surface area contributed by atoms with Gasteiger partial charge in [0.25, 0.3) is 5.82 Å². The maximum absolute atomic E-state index is 3.49. The maximum Gasteiger partial charge on any atom is 0.254 e. The van der Waals surface area contributed by atoms with Crippen LogP contribution in [0.4, 0.5) is 0 Å². The molecule has 0 saturated heterocycles. The smallest absolute Gasteiger partial charge is 0.247 e. The molecule has 1 aromatic carbocycles. The van der Waals surface area contributed by atoms with Crippen molar-refractivity contribution in [2.45, 2.75) is 97.4 Å². The summed E-state index contributed by atoms with van der Waals surface area (Å²) in [5.41, 5.74) is 2.85. The first-order valence-corrected chi connectivity index (χ1v) is 11.0. The van der Waals surface area contributed by atoms with Crippen LogP contribution < -0.4 is 4.57 Å². The molecule has 2 nitrogen and oxygen atoms in total. The number of nitrogens with zero attached hydrogens (tertiary/aromatic N) is 1. The van der Waals surface area contributed by atoms with Crippen molar-refractivity contribution in [1.82, 2.24) is 4.98 Å². The average molecular weight is 356 g/mol. The molecule has 0 aliphatic carbocycles. The topological polar surface area (TPSA) is 19.7 Å². The summed E-state index contributed by atoms with van der Waals surface area (Å²) >= 11 is 0. The van der Waals surface area contributed by atoms with Gasteiger partial charge in [0.15, 0.2) is 0 Å². The molecule has 0 aliphatic heterocycles. The third-order valence-electron chi connectivity index (χ3n) is 5.38. The highest BCUT2D eigenvalue weighted by Gasteiger charge is 2.16. The normalized spacial score (nSPS) is 11.2. The molecule has 26 heavy (non-hydrogen) atoms. The number of rotatable bonds is 14. The van der Waals surface area contributed by atoms with E-state index >= 15 is 0 Å². The van der Waals surface area contributed by atoms with Gasteiger partial charge < -0.3 is 0 Å². The van der Waals surface area contributed by atoms with Crippen LogP contribution in [0.15, 0.2) is 36.5 Å². The second kappa shape index (κ2) is 12.7. The quantitative estimate of drug-likeness (QED) is 0.300. The fraction of sp³-hybridized carbons (Fsp3) is 0.625. The molecule has 0 amide bonds. The van der Waals surface area contributed by atoms with Crippen molar-refractivity contribution in [3.8, 4) is 0 Å². The van der Waals surface area contributed by atoms with Crippen LogP contribution in [-0.4, -0.2) is 4.98 Å². The summed E-state index contributed by atoms with van der Waals surface area (Å²) < 4.78 is 2.49. The molecule has 1 aromatic heterocycles. The summed E-state index contributed by atoms with van der Waals surface area (Å²) in [5, 5.41) is 0. The molecule has 2 rings (SSSR count). The fourth-order valence-corrected chi connectivity index (χ4v) is 3.75. The molecule has 144 valence electrons. The third-order valence-corrected chi connectivity index (χ3v) is 5.38. The summed E-state index contributed by atoms with van der Waals surface area (Å²) in [4.78, 5) is 3.49. The third kappa shape index (κ3) is 7.35. The highest BCUT2D eigenvalue weighted by molar-refractivity contribution is 5.13. The molecule has 0 aliphatic rings. The van der Waals surface area contributed by atoms with Crippen molar-refractivity contribution in [2.75, 3.05) is 0 Å². The van der Waals surface area contributed by atoms with E-state index in [0.29, 0.717) is 0 Å². The lowest BCUT2D eigenvalue weighted by Gasteiger charge is -2.05. The van der Waals surface area contributed by atoms with E-state index < -0.39 is 0 Å². The maximum atomic E-state index is 3.49. The van der Waals surface area contributed by atoms with Crippen LogP contribution in [0.3, 0.4) is 0 Å². The molecule has 0 saturated carbocycles. The van der Waals surface area contributed by atoms with Crippen molar-refractivity contribution < 1.29 is 4.57 Å². The van der Waals surface area contributed by atoms with Gasteiger partial charge in [-0.05, 0) is 12.0 Å². The van der Waals surface area contributed by atoms with Crippen LogP contribution in [0.5, 0.6) is 0 Å². The molecule has 1 N–H and O–H groups in total. The molecular weight excluding hydrogens is 316 g/mol. The van der Waals surface area contributed by atoms with E-state index in [4.69, 9.17) is 0 Å². The lowest BCUT2D eigenvalue weighted by atomic mass is 10.1. The Morgan fingerprint density at radius 3 is 2.00 bits per heavy atom. The van der Waals surface area contributed by atoms with Gasteiger partial charge in [0.1, 0.15) is 18.4 Å². The van der Waals surface area contributed by atoms with Gasteiger partial charge in [0.05, 0.1) is 0 Å². The predicted octanol–water partition coefficient (Wildman–Crippen LogP) is 6.38. The minimum Gasteiger partial charge on any atom is -0.247 e. The summed E-state index contributed by atoms with van der Waals surface area (Å²) in [6.07, 6.45) is 18.5. The average Bonchev–Trinajstić information content (AvgIpc) is 3.06. The molecule has 0 radical (unpaired) electrons. The number of aromatic nitrogens is 2. The summed E-state index contributed by atoms with van der Waals surface area (Å²) in [7, 11) is 0. The molecule has 0 spiro atoms. The lowest BCUT2D eigenvalue weighted by Crippen LogP contribution is -2.40. The Labute approximate surface area is 161 Å². The van der Waals surface area contributed by atoms with Crippen molar-refractivity contribution in [3.05, 3.63) is 53.6 Å². The Morgan fingerprint density at radius 2 is 1.38 bits per heavy atom. The summed E-state index contributed by atoms with van der Waals surface area (Å²) in [5.74, 6) is 1.34. The number of hydrogen-bond acceptors (Lipinski definition) is 0. The van der Waals surface area contributed by atoms with Crippen molar-refractivity contribution in [3.63, 3.8) is 0 Å². The first kappa shape index (κ1) is 20.7. The lowest BCUT2D eigenvalue weighted by molar-refractivity contribution is -0.701. The van der Waals surface area contributed by atoms with E-state index in [1.165, 1.54) is 87.7 Å². The largest absolute Gasteiger partial charge is 0.254 e. The number of nitrogens with one attached hydrogen (secondary N) is 1. The van der Waals surface area contributed by atoms with Crippen LogP contribution in [0.25, 0.3) is 0 Å². The highest BCUT2D eigenvalue weighted by atomic mass is 15.1. The molecule has 0 bridgehead atoms. The van der Waals surface area contributed by atoms with E-state index in [1.807, 2.05) is 0 Å². The van der Waals surface area contributed by atoms with Gasteiger partial charge >= 0.3 is 0 Å². The van der Waals surface area contributed by atoms with E-state index in [2.05, 4.69) is 59.9 Å². The fourth-order valence-electron chi connectivity index (χ4n) is 3.75. The predicted molar refractivity (Wildman–Crippen MR) is 111 cm³/mol. The van der Waals surface area contributed by atoms with Gasteiger partial charge in [-0.3, -0.25) is 0 Å². The van der Waals surface area contributed by atoms with Crippen molar-refractivity contribution in [1.29, 1.82) is 0 Å².